The van der Waals surface area contributed by atoms with Gasteiger partial charge in [-0.25, -0.2) is 4.84 Å². The van der Waals surface area contributed by atoms with Crippen LogP contribution in [0.5, 0.6) is 0 Å². The first kappa shape index (κ1) is 6.91. The maximum absolute atomic E-state index is 9.04. The highest BCUT2D eigenvalue weighted by molar-refractivity contribution is 6.30. The molecule has 0 bridgehead atoms. The molecule has 0 saturated heterocycles. The predicted octanol–water partition coefficient (Wildman–Crippen LogP) is 1.98. The topological polar surface area (TPSA) is 32.7 Å². The molecule has 1 aromatic carbocycles. The van der Waals surface area contributed by atoms with Crippen molar-refractivity contribution in [3.63, 3.8) is 0 Å². The smallest absolute Gasteiger partial charge is 0.105 e. The van der Waals surface area contributed by atoms with Crippen LogP contribution in [-0.2, 0) is 11.4 Å². The van der Waals surface area contributed by atoms with Crippen molar-refractivity contribution in [1.82, 2.24) is 0 Å². The van der Waals surface area contributed by atoms with Crippen LogP contribution < -0.4 is 5.23 Å². The lowest BCUT2D eigenvalue weighted by Gasteiger charge is -2.05. The second-order valence-corrected chi connectivity index (χ2v) is 2.76. The van der Waals surface area contributed by atoms with E-state index in [1.807, 2.05) is 0 Å². The summed E-state index contributed by atoms with van der Waals surface area (Å²) in [6, 6.07) is 5.19. The fourth-order valence-electron chi connectivity index (χ4n) is 1.06. The van der Waals surface area contributed by atoms with E-state index >= 15 is 0 Å². The van der Waals surface area contributed by atoms with Gasteiger partial charge in [0, 0.05) is 10.6 Å². The zero-order chi connectivity index (χ0) is 7.84. The number of hydrogen-bond donors (Lipinski definition) is 1. The van der Waals surface area contributed by atoms with Crippen LogP contribution >= 0.6 is 11.6 Å². The van der Waals surface area contributed by atoms with Crippen molar-refractivity contribution in [3.05, 3.63) is 28.8 Å². The number of hydrogen-bond acceptors (Lipinski definition) is 3. The molecule has 0 atom stereocenters. The zero-order valence-corrected chi connectivity index (χ0v) is 6.38. The number of benzene rings is 1. The Bertz CT molecular complexity index is 290. The van der Waals surface area contributed by atoms with E-state index in [-0.39, 0.29) is 0 Å². The summed E-state index contributed by atoms with van der Waals surface area (Å²) in [6.45, 7) is 0.381. The van der Waals surface area contributed by atoms with Gasteiger partial charge >= 0.3 is 0 Å². The highest BCUT2D eigenvalue weighted by atomic mass is 35.5. The minimum atomic E-state index is 0.381. The van der Waals surface area contributed by atoms with Crippen molar-refractivity contribution in [2.24, 2.45) is 0 Å². The summed E-state index contributed by atoms with van der Waals surface area (Å²) in [6.07, 6.45) is 0. The fraction of sp³-hybridized carbons (Fsp3) is 0.143. The monoisotopic (exact) mass is 171 g/mol. The number of anilines is 1. The third-order valence-corrected chi connectivity index (χ3v) is 1.83. The van der Waals surface area contributed by atoms with Crippen LogP contribution in [0.15, 0.2) is 18.2 Å². The molecule has 0 saturated carbocycles. The van der Waals surface area contributed by atoms with Gasteiger partial charge in [-0.15, -0.1) is 5.23 Å². The summed E-state index contributed by atoms with van der Waals surface area (Å²) < 4.78 is 0. The first-order valence-corrected chi connectivity index (χ1v) is 3.55. The van der Waals surface area contributed by atoms with Crippen molar-refractivity contribution in [2.75, 3.05) is 5.23 Å². The highest BCUT2D eigenvalue weighted by Gasteiger charge is 2.17. The molecule has 1 aliphatic heterocycles. The van der Waals surface area contributed by atoms with Gasteiger partial charge in [-0.3, -0.25) is 5.21 Å². The summed E-state index contributed by atoms with van der Waals surface area (Å²) in [5.41, 5.74) is 1.56. The van der Waals surface area contributed by atoms with Crippen molar-refractivity contribution in [1.29, 1.82) is 0 Å². The molecule has 2 rings (SSSR count). The van der Waals surface area contributed by atoms with Crippen LogP contribution in [0.4, 0.5) is 5.69 Å². The molecule has 0 aromatic heterocycles. The maximum Gasteiger partial charge on any atom is 0.105 e. The minimum absolute atomic E-state index is 0.381. The molecule has 11 heavy (non-hydrogen) atoms. The molecule has 58 valence electrons. The number of halogens is 1. The van der Waals surface area contributed by atoms with Crippen LogP contribution in [-0.4, -0.2) is 5.21 Å². The average molecular weight is 172 g/mol. The average Bonchev–Trinajstić information content (AvgIpc) is 2.32. The van der Waals surface area contributed by atoms with Gasteiger partial charge in [0.1, 0.15) is 12.3 Å². The Hall–Kier alpha value is -0.770. The van der Waals surface area contributed by atoms with E-state index in [9.17, 15) is 0 Å². The summed E-state index contributed by atoms with van der Waals surface area (Å²) in [5, 5.41) is 10.5. The number of nitrogens with zero attached hydrogens (tertiary/aromatic N) is 1. The molecular weight excluding hydrogens is 166 g/mol. The van der Waals surface area contributed by atoms with Crippen molar-refractivity contribution in [3.8, 4) is 0 Å². The lowest BCUT2D eigenvalue weighted by atomic mass is 10.2. The van der Waals surface area contributed by atoms with Gasteiger partial charge in [-0.05, 0) is 18.2 Å². The standard InChI is InChI=1S/C7H6ClNO2/c8-6-1-2-7-5(3-6)4-11-9(7)10/h1-3,10H,4H2. The summed E-state index contributed by atoms with van der Waals surface area (Å²) in [4.78, 5) is 4.81. The first-order chi connectivity index (χ1) is 5.27. The Kier molecular flexibility index (Phi) is 1.49. The van der Waals surface area contributed by atoms with Crippen LogP contribution in [0.25, 0.3) is 0 Å². The first-order valence-electron chi connectivity index (χ1n) is 3.18. The molecule has 3 nitrogen and oxygen atoms in total. The molecule has 0 fully saturated rings. The van der Waals surface area contributed by atoms with E-state index < -0.39 is 0 Å². The van der Waals surface area contributed by atoms with E-state index in [0.29, 0.717) is 17.3 Å². The van der Waals surface area contributed by atoms with Gasteiger partial charge < -0.3 is 0 Å². The van der Waals surface area contributed by atoms with Crippen molar-refractivity contribution >= 4 is 17.3 Å². The molecule has 0 aliphatic carbocycles. The third kappa shape index (κ3) is 1.07. The van der Waals surface area contributed by atoms with Crippen LogP contribution in [0, 0.1) is 0 Å². The molecule has 1 aliphatic rings. The summed E-state index contributed by atoms with van der Waals surface area (Å²) >= 11 is 5.72. The minimum Gasteiger partial charge on any atom is -0.264 e. The van der Waals surface area contributed by atoms with Crippen LogP contribution in [0.1, 0.15) is 5.56 Å². The van der Waals surface area contributed by atoms with Crippen molar-refractivity contribution < 1.29 is 10.0 Å². The molecule has 1 N–H and O–H groups in total. The van der Waals surface area contributed by atoms with Crippen molar-refractivity contribution in [2.45, 2.75) is 6.61 Å². The fourth-order valence-corrected chi connectivity index (χ4v) is 1.25. The van der Waals surface area contributed by atoms with Gasteiger partial charge in [-0.1, -0.05) is 11.6 Å². The van der Waals surface area contributed by atoms with E-state index in [2.05, 4.69) is 0 Å². The summed E-state index contributed by atoms with van der Waals surface area (Å²) in [5.74, 6) is 0. The maximum atomic E-state index is 9.04. The molecule has 0 radical (unpaired) electrons. The normalized spacial score (nSPS) is 15.3. The quantitative estimate of drug-likeness (QED) is 0.648. The molecule has 1 heterocycles. The lowest BCUT2D eigenvalue weighted by molar-refractivity contribution is -0.0329. The molecule has 4 heteroatoms. The van der Waals surface area contributed by atoms with Gasteiger partial charge in [0.2, 0.25) is 0 Å². The molecule has 1 aromatic rings. The Labute approximate surface area is 68.7 Å². The number of rotatable bonds is 0. The number of fused-ring (bicyclic) bond motifs is 1. The zero-order valence-electron chi connectivity index (χ0n) is 5.62. The van der Waals surface area contributed by atoms with E-state index in [4.69, 9.17) is 21.6 Å². The second kappa shape index (κ2) is 2.37. The molecule has 0 spiro atoms. The molecule has 0 unspecified atom stereocenters. The Morgan fingerprint density at radius 1 is 1.55 bits per heavy atom. The van der Waals surface area contributed by atoms with Gasteiger partial charge in [0.25, 0.3) is 0 Å². The van der Waals surface area contributed by atoms with Gasteiger partial charge in [0.15, 0.2) is 0 Å². The van der Waals surface area contributed by atoms with E-state index in [1.165, 1.54) is 0 Å². The van der Waals surface area contributed by atoms with Gasteiger partial charge in [0.05, 0.1) is 0 Å². The largest absolute Gasteiger partial charge is 0.264 e. The Morgan fingerprint density at radius 3 is 3.18 bits per heavy atom. The highest BCUT2D eigenvalue weighted by Crippen LogP contribution is 2.29. The molecular formula is C7H6ClNO2. The third-order valence-electron chi connectivity index (χ3n) is 1.59. The lowest BCUT2D eigenvalue weighted by Crippen LogP contribution is -2.10. The Morgan fingerprint density at radius 2 is 2.36 bits per heavy atom. The Balaban J connectivity index is 2.50. The van der Waals surface area contributed by atoms with Crippen LogP contribution in [0.3, 0.4) is 0 Å². The van der Waals surface area contributed by atoms with Crippen LogP contribution in [0.2, 0.25) is 5.02 Å². The second-order valence-electron chi connectivity index (χ2n) is 2.32. The van der Waals surface area contributed by atoms with Gasteiger partial charge in [-0.2, -0.15) is 0 Å². The molecule has 0 amide bonds. The van der Waals surface area contributed by atoms with E-state index in [1.54, 1.807) is 18.2 Å². The summed E-state index contributed by atoms with van der Waals surface area (Å²) in [7, 11) is 0. The van der Waals surface area contributed by atoms with E-state index in [0.717, 1.165) is 10.8 Å². The predicted molar refractivity (Wildman–Crippen MR) is 40.5 cm³/mol. The SMILES string of the molecule is ON1OCc2cc(Cl)ccc21.